The second kappa shape index (κ2) is 9.19. The normalized spacial score (nSPS) is 20.1. The lowest BCUT2D eigenvalue weighted by molar-refractivity contribution is -0.117. The second-order valence-electron chi connectivity index (χ2n) is 7.16. The maximum Gasteiger partial charge on any atom is 0.238 e. The third-order valence-corrected chi connectivity index (χ3v) is 6.08. The summed E-state index contributed by atoms with van der Waals surface area (Å²) in [4.78, 5) is 17.9. The minimum absolute atomic E-state index is 0.00510. The van der Waals surface area contributed by atoms with Crippen LogP contribution in [0, 0.1) is 0 Å². The number of anilines is 2. The van der Waals surface area contributed by atoms with E-state index in [2.05, 4.69) is 63.6 Å². The summed E-state index contributed by atoms with van der Waals surface area (Å²) in [6, 6.07) is 10.1. The number of amides is 1. The van der Waals surface area contributed by atoms with E-state index in [1.54, 1.807) is 11.3 Å². The fourth-order valence-corrected chi connectivity index (χ4v) is 4.88. The zero-order chi connectivity index (χ0) is 19.4. The average Bonchev–Trinajstić information content (AvgIpc) is 2.99. The molecule has 1 saturated heterocycles. The lowest BCUT2D eigenvalue weighted by atomic mass is 10.2. The summed E-state index contributed by atoms with van der Waals surface area (Å²) in [5, 5.41) is 5.04. The van der Waals surface area contributed by atoms with Crippen molar-refractivity contribution in [3.8, 4) is 0 Å². The molecule has 1 aromatic heterocycles. The predicted octanol–water partition coefficient (Wildman–Crippen LogP) is 4.19. The SMILES string of the molecule is CC1CN(c2ccc(NC(=O)CN(C)Cc3cc(Br)cs3)cc2)CC(C)O1. The molecular weight excluding hydrogens is 426 g/mol. The minimum Gasteiger partial charge on any atom is -0.372 e. The zero-order valence-corrected chi connectivity index (χ0v) is 18.3. The summed E-state index contributed by atoms with van der Waals surface area (Å²) in [6.45, 7) is 7.09. The van der Waals surface area contributed by atoms with Crippen molar-refractivity contribution in [1.29, 1.82) is 0 Å². The molecule has 7 heteroatoms. The van der Waals surface area contributed by atoms with Gasteiger partial charge in [0.25, 0.3) is 0 Å². The summed E-state index contributed by atoms with van der Waals surface area (Å²) in [7, 11) is 1.96. The quantitative estimate of drug-likeness (QED) is 0.714. The highest BCUT2D eigenvalue weighted by molar-refractivity contribution is 9.10. The predicted molar refractivity (Wildman–Crippen MR) is 116 cm³/mol. The Labute approximate surface area is 173 Å². The average molecular weight is 452 g/mol. The number of morpholine rings is 1. The number of carbonyl (C=O) groups is 1. The number of rotatable bonds is 6. The topological polar surface area (TPSA) is 44.8 Å². The van der Waals surface area contributed by atoms with Crippen LogP contribution < -0.4 is 10.2 Å². The van der Waals surface area contributed by atoms with Crippen LogP contribution in [0.3, 0.4) is 0 Å². The summed E-state index contributed by atoms with van der Waals surface area (Å²) < 4.78 is 6.88. The molecule has 0 bridgehead atoms. The highest BCUT2D eigenvalue weighted by Crippen LogP contribution is 2.23. The number of hydrogen-bond acceptors (Lipinski definition) is 5. The van der Waals surface area contributed by atoms with Gasteiger partial charge in [-0.1, -0.05) is 0 Å². The first kappa shape index (κ1) is 20.3. The molecule has 0 radical (unpaired) electrons. The van der Waals surface area contributed by atoms with Crippen molar-refractivity contribution in [3.63, 3.8) is 0 Å². The lowest BCUT2D eigenvalue weighted by Gasteiger charge is -2.36. The molecular formula is C20H26BrN3O2S. The van der Waals surface area contributed by atoms with Crippen molar-refractivity contribution in [2.24, 2.45) is 0 Å². The monoisotopic (exact) mass is 451 g/mol. The molecule has 2 atom stereocenters. The van der Waals surface area contributed by atoms with E-state index in [0.717, 1.165) is 35.5 Å². The molecule has 1 aliphatic heterocycles. The third kappa shape index (κ3) is 6.04. The van der Waals surface area contributed by atoms with E-state index >= 15 is 0 Å². The fourth-order valence-electron chi connectivity index (χ4n) is 3.35. The van der Waals surface area contributed by atoms with Gasteiger partial charge in [0.1, 0.15) is 0 Å². The molecule has 1 amide bonds. The van der Waals surface area contributed by atoms with Crippen LogP contribution in [-0.4, -0.2) is 49.7 Å². The Kier molecular flexibility index (Phi) is 6.92. The Bertz CT molecular complexity index is 755. The number of carbonyl (C=O) groups excluding carboxylic acids is 1. The van der Waals surface area contributed by atoms with Gasteiger partial charge in [0, 0.05) is 45.7 Å². The minimum atomic E-state index is -0.00510. The number of thiophene rings is 1. The van der Waals surface area contributed by atoms with Gasteiger partial charge in [-0.05, 0) is 67.2 Å². The molecule has 1 N–H and O–H groups in total. The van der Waals surface area contributed by atoms with Crippen LogP contribution in [-0.2, 0) is 16.1 Å². The molecule has 1 aliphatic rings. The first-order valence-corrected chi connectivity index (χ1v) is 10.8. The maximum absolute atomic E-state index is 12.3. The number of nitrogens with one attached hydrogen (secondary N) is 1. The second-order valence-corrected chi connectivity index (χ2v) is 9.07. The third-order valence-electron chi connectivity index (χ3n) is 4.40. The van der Waals surface area contributed by atoms with Gasteiger partial charge >= 0.3 is 0 Å². The molecule has 2 aromatic rings. The van der Waals surface area contributed by atoms with Crippen molar-refractivity contribution in [2.45, 2.75) is 32.6 Å². The van der Waals surface area contributed by atoms with Crippen molar-refractivity contribution in [1.82, 2.24) is 4.90 Å². The van der Waals surface area contributed by atoms with E-state index in [-0.39, 0.29) is 18.1 Å². The van der Waals surface area contributed by atoms with E-state index in [9.17, 15) is 4.79 Å². The number of ether oxygens (including phenoxy) is 1. The van der Waals surface area contributed by atoms with E-state index < -0.39 is 0 Å². The van der Waals surface area contributed by atoms with Crippen molar-refractivity contribution in [3.05, 3.63) is 45.1 Å². The first-order valence-electron chi connectivity index (χ1n) is 9.11. The van der Waals surface area contributed by atoms with Crippen LogP contribution in [0.15, 0.2) is 40.2 Å². The molecule has 1 fully saturated rings. The molecule has 0 spiro atoms. The first-order chi connectivity index (χ1) is 12.9. The molecule has 5 nitrogen and oxygen atoms in total. The molecule has 2 unspecified atom stereocenters. The van der Waals surface area contributed by atoms with Gasteiger partial charge in [-0.3, -0.25) is 9.69 Å². The van der Waals surface area contributed by atoms with Gasteiger partial charge < -0.3 is 15.0 Å². The zero-order valence-electron chi connectivity index (χ0n) is 15.9. The van der Waals surface area contributed by atoms with Gasteiger partial charge in [0.2, 0.25) is 5.91 Å². The van der Waals surface area contributed by atoms with E-state index in [4.69, 9.17) is 4.74 Å². The van der Waals surface area contributed by atoms with Crippen LogP contribution in [0.2, 0.25) is 0 Å². The lowest BCUT2D eigenvalue weighted by Crippen LogP contribution is -2.45. The summed E-state index contributed by atoms with van der Waals surface area (Å²) in [5.74, 6) is -0.00510. The number of nitrogens with zero attached hydrogens (tertiary/aromatic N) is 2. The van der Waals surface area contributed by atoms with Crippen LogP contribution in [0.25, 0.3) is 0 Å². The number of halogens is 1. The molecule has 1 aromatic carbocycles. The summed E-state index contributed by atoms with van der Waals surface area (Å²) in [6.07, 6.45) is 0.459. The fraction of sp³-hybridized carbons (Fsp3) is 0.450. The molecule has 146 valence electrons. The van der Waals surface area contributed by atoms with Crippen molar-refractivity contribution in [2.75, 3.05) is 36.9 Å². The Morgan fingerprint density at radius 1 is 1.30 bits per heavy atom. The van der Waals surface area contributed by atoms with Crippen molar-refractivity contribution >= 4 is 44.5 Å². The number of benzene rings is 1. The van der Waals surface area contributed by atoms with Crippen LogP contribution >= 0.6 is 27.3 Å². The number of hydrogen-bond donors (Lipinski definition) is 1. The molecule has 0 saturated carbocycles. The number of likely N-dealkylation sites (N-methyl/N-ethyl adjacent to an activating group) is 1. The van der Waals surface area contributed by atoms with Gasteiger partial charge in [0.05, 0.1) is 18.8 Å². The van der Waals surface area contributed by atoms with Gasteiger partial charge in [-0.15, -0.1) is 11.3 Å². The van der Waals surface area contributed by atoms with Crippen LogP contribution in [0.4, 0.5) is 11.4 Å². The van der Waals surface area contributed by atoms with Gasteiger partial charge in [-0.25, -0.2) is 0 Å². The highest BCUT2D eigenvalue weighted by Gasteiger charge is 2.22. The van der Waals surface area contributed by atoms with E-state index in [1.165, 1.54) is 4.88 Å². The van der Waals surface area contributed by atoms with E-state index in [0.29, 0.717) is 6.54 Å². The molecule has 27 heavy (non-hydrogen) atoms. The molecule has 3 rings (SSSR count). The van der Waals surface area contributed by atoms with Crippen LogP contribution in [0.5, 0.6) is 0 Å². The smallest absolute Gasteiger partial charge is 0.238 e. The maximum atomic E-state index is 12.3. The summed E-state index contributed by atoms with van der Waals surface area (Å²) in [5.41, 5.74) is 1.99. The van der Waals surface area contributed by atoms with Gasteiger partial charge in [0.15, 0.2) is 0 Å². The Morgan fingerprint density at radius 2 is 1.96 bits per heavy atom. The largest absolute Gasteiger partial charge is 0.372 e. The van der Waals surface area contributed by atoms with Gasteiger partial charge in [-0.2, -0.15) is 0 Å². The Hall–Kier alpha value is -1.41. The Morgan fingerprint density at radius 3 is 2.56 bits per heavy atom. The standard InChI is InChI=1S/C20H26BrN3O2S/c1-14-9-24(10-15(2)26-14)18-6-4-17(5-7-18)22-20(25)12-23(3)11-19-8-16(21)13-27-19/h4-8,13-15H,9-12H2,1-3H3,(H,22,25). The molecule has 0 aliphatic carbocycles. The van der Waals surface area contributed by atoms with Crippen molar-refractivity contribution < 1.29 is 9.53 Å². The van der Waals surface area contributed by atoms with Crippen LogP contribution in [0.1, 0.15) is 18.7 Å². The van der Waals surface area contributed by atoms with E-state index in [1.807, 2.05) is 24.1 Å². The molecule has 2 heterocycles. The Balaban J connectivity index is 1.50. The highest BCUT2D eigenvalue weighted by atomic mass is 79.9. The summed E-state index contributed by atoms with van der Waals surface area (Å²) >= 11 is 5.15.